The van der Waals surface area contributed by atoms with Crippen molar-refractivity contribution in [2.24, 2.45) is 0 Å². The van der Waals surface area contributed by atoms with E-state index in [2.05, 4.69) is 5.32 Å². The van der Waals surface area contributed by atoms with Crippen molar-refractivity contribution in [1.82, 2.24) is 0 Å². The number of fused-ring (bicyclic) bond motifs is 1. The van der Waals surface area contributed by atoms with Crippen LogP contribution in [0.3, 0.4) is 0 Å². The van der Waals surface area contributed by atoms with E-state index in [9.17, 15) is 4.79 Å². The molecule has 0 saturated carbocycles. The predicted molar refractivity (Wildman–Crippen MR) is 91.1 cm³/mol. The summed E-state index contributed by atoms with van der Waals surface area (Å²) in [6, 6.07) is 7.74. The van der Waals surface area contributed by atoms with Crippen molar-refractivity contribution in [2.75, 3.05) is 11.9 Å². The number of rotatable bonds is 5. The van der Waals surface area contributed by atoms with E-state index in [4.69, 9.17) is 16.3 Å². The number of benzene rings is 1. The Hall–Kier alpha value is -1.52. The minimum Gasteiger partial charge on any atom is -0.462 e. The minimum absolute atomic E-state index is 0.219. The number of ether oxygens (including phenoxy) is 1. The molecular weight excluding hydrogens is 318 g/mol. The zero-order chi connectivity index (χ0) is 15.5. The fraction of sp³-hybridized carbons (Fsp3) is 0.353. The molecule has 116 valence electrons. The maximum absolute atomic E-state index is 12.3. The zero-order valence-electron chi connectivity index (χ0n) is 12.4. The Bertz CT molecular complexity index is 696. The summed E-state index contributed by atoms with van der Waals surface area (Å²) in [7, 11) is 0. The fourth-order valence-corrected chi connectivity index (χ4v) is 4.24. The van der Waals surface area contributed by atoms with Crippen LogP contribution < -0.4 is 5.32 Å². The van der Waals surface area contributed by atoms with E-state index in [1.165, 1.54) is 10.4 Å². The number of carbonyl (C=O) groups excluding carboxylic acids is 1. The van der Waals surface area contributed by atoms with Crippen molar-refractivity contribution in [3.63, 3.8) is 0 Å². The molecule has 0 bridgehead atoms. The van der Waals surface area contributed by atoms with Gasteiger partial charge in [0.25, 0.3) is 0 Å². The summed E-state index contributed by atoms with van der Waals surface area (Å²) in [5.74, 6) is -0.219. The first-order valence-corrected chi connectivity index (χ1v) is 8.69. The van der Waals surface area contributed by atoms with Gasteiger partial charge in [-0.05, 0) is 43.4 Å². The van der Waals surface area contributed by atoms with Crippen LogP contribution in [-0.2, 0) is 24.1 Å². The molecule has 3 nitrogen and oxygen atoms in total. The lowest BCUT2D eigenvalue weighted by atomic mass is 10.1. The van der Waals surface area contributed by atoms with Crippen molar-refractivity contribution in [1.29, 1.82) is 0 Å². The molecule has 1 heterocycles. The van der Waals surface area contributed by atoms with Gasteiger partial charge in [-0.3, -0.25) is 0 Å². The second-order valence-electron chi connectivity index (χ2n) is 5.23. The monoisotopic (exact) mass is 335 g/mol. The highest BCUT2D eigenvalue weighted by molar-refractivity contribution is 7.16. The molecule has 1 N–H and O–H groups in total. The number of anilines is 1. The highest BCUT2D eigenvalue weighted by Gasteiger charge is 2.27. The third-order valence-corrected chi connectivity index (χ3v) is 5.42. The molecule has 0 fully saturated rings. The highest BCUT2D eigenvalue weighted by atomic mass is 35.5. The van der Waals surface area contributed by atoms with Crippen molar-refractivity contribution in [3.05, 3.63) is 50.9 Å². The number of nitrogens with one attached hydrogen (secondary N) is 1. The number of esters is 1. The van der Waals surface area contributed by atoms with Crippen LogP contribution in [-0.4, -0.2) is 12.6 Å². The smallest absolute Gasteiger partial charge is 0.341 e. The summed E-state index contributed by atoms with van der Waals surface area (Å²) in [6.45, 7) is 2.83. The molecule has 2 aromatic rings. The van der Waals surface area contributed by atoms with Crippen LogP contribution >= 0.6 is 22.9 Å². The molecule has 0 aliphatic heterocycles. The molecule has 1 aliphatic carbocycles. The lowest BCUT2D eigenvalue weighted by molar-refractivity contribution is 0.0527. The lowest BCUT2D eigenvalue weighted by Gasteiger charge is -2.09. The van der Waals surface area contributed by atoms with Crippen LogP contribution in [0, 0.1) is 0 Å². The summed E-state index contributed by atoms with van der Waals surface area (Å²) in [5.41, 5.74) is 2.92. The highest BCUT2D eigenvalue weighted by Crippen LogP contribution is 2.39. The van der Waals surface area contributed by atoms with Crippen molar-refractivity contribution in [2.45, 2.75) is 32.7 Å². The third kappa shape index (κ3) is 2.99. The summed E-state index contributed by atoms with van der Waals surface area (Å²) in [5, 5.41) is 5.01. The van der Waals surface area contributed by atoms with Crippen LogP contribution in [0.15, 0.2) is 24.3 Å². The summed E-state index contributed by atoms with van der Waals surface area (Å²) < 4.78 is 5.23. The first-order chi connectivity index (χ1) is 10.7. The van der Waals surface area contributed by atoms with Crippen LogP contribution in [0.25, 0.3) is 0 Å². The summed E-state index contributed by atoms with van der Waals surface area (Å²) in [4.78, 5) is 13.6. The Labute approximate surface area is 139 Å². The number of carbonyl (C=O) groups is 1. The molecule has 3 rings (SSSR count). The van der Waals surface area contributed by atoms with E-state index >= 15 is 0 Å². The predicted octanol–water partition coefficient (Wildman–Crippen LogP) is 4.68. The van der Waals surface area contributed by atoms with Gasteiger partial charge in [0.2, 0.25) is 0 Å². The average molecular weight is 336 g/mol. The molecule has 0 amide bonds. The molecule has 5 heteroatoms. The Morgan fingerprint density at radius 1 is 1.36 bits per heavy atom. The SMILES string of the molecule is CCOC(=O)c1c(NCc2ccccc2Cl)sc2c1CCC2. The normalized spacial score (nSPS) is 13.0. The van der Waals surface area contributed by atoms with Crippen molar-refractivity contribution < 1.29 is 9.53 Å². The number of aryl methyl sites for hydroxylation is 1. The molecule has 0 atom stereocenters. The molecule has 1 aromatic heterocycles. The van der Waals surface area contributed by atoms with Gasteiger partial charge in [-0.25, -0.2) is 4.79 Å². The molecule has 0 spiro atoms. The number of hydrogen-bond acceptors (Lipinski definition) is 4. The van der Waals surface area contributed by atoms with Crippen LogP contribution in [0.1, 0.15) is 39.7 Å². The molecule has 0 unspecified atom stereocenters. The van der Waals surface area contributed by atoms with Gasteiger partial charge in [-0.15, -0.1) is 11.3 Å². The third-order valence-electron chi connectivity index (χ3n) is 3.80. The Balaban J connectivity index is 1.84. The quantitative estimate of drug-likeness (QED) is 0.806. The second-order valence-corrected chi connectivity index (χ2v) is 6.74. The first-order valence-electron chi connectivity index (χ1n) is 7.49. The Morgan fingerprint density at radius 2 is 2.18 bits per heavy atom. The number of thiophene rings is 1. The first kappa shape index (κ1) is 15.4. The molecule has 22 heavy (non-hydrogen) atoms. The molecular formula is C17H18ClNO2S. The Kier molecular flexibility index (Phi) is 4.69. The fourth-order valence-electron chi connectivity index (χ4n) is 2.77. The van der Waals surface area contributed by atoms with E-state index in [0.717, 1.165) is 40.4 Å². The lowest BCUT2D eigenvalue weighted by Crippen LogP contribution is -2.09. The maximum Gasteiger partial charge on any atom is 0.341 e. The van der Waals surface area contributed by atoms with Gasteiger partial charge >= 0.3 is 5.97 Å². The minimum atomic E-state index is -0.219. The zero-order valence-corrected chi connectivity index (χ0v) is 14.0. The van der Waals surface area contributed by atoms with Crippen LogP contribution in [0.5, 0.6) is 0 Å². The maximum atomic E-state index is 12.3. The van der Waals surface area contributed by atoms with Gasteiger partial charge in [0.15, 0.2) is 0 Å². The van der Waals surface area contributed by atoms with E-state index in [1.54, 1.807) is 11.3 Å². The molecule has 0 radical (unpaired) electrons. The van der Waals surface area contributed by atoms with Crippen molar-refractivity contribution in [3.8, 4) is 0 Å². The number of hydrogen-bond donors (Lipinski definition) is 1. The summed E-state index contributed by atoms with van der Waals surface area (Å²) in [6.07, 6.45) is 3.15. The molecule has 0 saturated heterocycles. The molecule has 1 aliphatic rings. The van der Waals surface area contributed by atoms with Gasteiger partial charge in [-0.1, -0.05) is 29.8 Å². The van der Waals surface area contributed by atoms with E-state index in [1.807, 2.05) is 31.2 Å². The topological polar surface area (TPSA) is 38.3 Å². The molecule has 1 aromatic carbocycles. The van der Waals surface area contributed by atoms with Crippen LogP contribution in [0.2, 0.25) is 5.02 Å². The van der Waals surface area contributed by atoms with Gasteiger partial charge in [-0.2, -0.15) is 0 Å². The standard InChI is InChI=1S/C17H18ClNO2S/c1-2-21-17(20)15-12-7-5-9-14(12)22-16(15)19-10-11-6-3-4-8-13(11)18/h3-4,6,8,19H,2,5,7,9-10H2,1H3. The van der Waals surface area contributed by atoms with Gasteiger partial charge in [0.1, 0.15) is 5.00 Å². The number of halogens is 1. The van der Waals surface area contributed by atoms with E-state index < -0.39 is 0 Å². The average Bonchev–Trinajstić information content (AvgIpc) is 3.06. The van der Waals surface area contributed by atoms with Crippen molar-refractivity contribution >= 4 is 33.9 Å². The van der Waals surface area contributed by atoms with Gasteiger partial charge in [0, 0.05) is 16.4 Å². The van der Waals surface area contributed by atoms with Gasteiger partial charge < -0.3 is 10.1 Å². The van der Waals surface area contributed by atoms with Crippen LogP contribution in [0.4, 0.5) is 5.00 Å². The largest absolute Gasteiger partial charge is 0.462 e. The Morgan fingerprint density at radius 3 is 2.95 bits per heavy atom. The van der Waals surface area contributed by atoms with Gasteiger partial charge in [0.05, 0.1) is 12.2 Å². The van der Waals surface area contributed by atoms with E-state index in [0.29, 0.717) is 13.2 Å². The second kappa shape index (κ2) is 6.71. The van der Waals surface area contributed by atoms with E-state index in [-0.39, 0.29) is 5.97 Å². The summed E-state index contributed by atoms with van der Waals surface area (Å²) >= 11 is 7.86.